The molecule has 0 unspecified atom stereocenters. The van der Waals surface area contributed by atoms with Crippen LogP contribution in [0.15, 0.2) is 18.2 Å². The van der Waals surface area contributed by atoms with Gasteiger partial charge in [-0.25, -0.2) is 0 Å². The molecular formula is C14H20N2O2. The summed E-state index contributed by atoms with van der Waals surface area (Å²) < 4.78 is 11.6. The van der Waals surface area contributed by atoms with E-state index >= 15 is 0 Å². The van der Waals surface area contributed by atoms with Gasteiger partial charge in [0, 0.05) is 32.6 Å². The number of fused-ring (bicyclic) bond motifs is 1. The zero-order valence-corrected chi connectivity index (χ0v) is 10.9. The van der Waals surface area contributed by atoms with Gasteiger partial charge in [0.05, 0.1) is 18.9 Å². The Hall–Kier alpha value is -1.42. The maximum absolute atomic E-state index is 5.88. The minimum atomic E-state index is 0.748. The van der Waals surface area contributed by atoms with E-state index in [0.717, 1.165) is 57.3 Å². The maximum Gasteiger partial charge on any atom is 0.184 e. The molecule has 1 fully saturated rings. The largest absolute Gasteiger partial charge is 0.489 e. The van der Waals surface area contributed by atoms with E-state index in [1.165, 1.54) is 5.69 Å². The van der Waals surface area contributed by atoms with Gasteiger partial charge < -0.3 is 19.3 Å². The second-order valence-electron chi connectivity index (χ2n) is 4.95. The van der Waals surface area contributed by atoms with Gasteiger partial charge in [0.2, 0.25) is 0 Å². The molecule has 1 saturated heterocycles. The van der Waals surface area contributed by atoms with Crippen molar-refractivity contribution in [3.8, 4) is 11.5 Å². The zero-order valence-electron chi connectivity index (χ0n) is 10.9. The lowest BCUT2D eigenvalue weighted by atomic mass is 10.2. The lowest BCUT2D eigenvalue weighted by Gasteiger charge is -2.34. The van der Waals surface area contributed by atoms with Crippen LogP contribution in [-0.4, -0.2) is 51.3 Å². The van der Waals surface area contributed by atoms with Crippen LogP contribution in [0.5, 0.6) is 11.5 Å². The van der Waals surface area contributed by atoms with Crippen molar-refractivity contribution >= 4 is 5.69 Å². The van der Waals surface area contributed by atoms with Crippen molar-refractivity contribution in [2.45, 2.75) is 6.42 Å². The first-order valence-electron chi connectivity index (χ1n) is 6.67. The summed E-state index contributed by atoms with van der Waals surface area (Å²) in [5, 5.41) is 0. The molecule has 4 nitrogen and oxygen atoms in total. The van der Waals surface area contributed by atoms with Crippen LogP contribution < -0.4 is 14.4 Å². The van der Waals surface area contributed by atoms with E-state index in [0.29, 0.717) is 0 Å². The Balaban J connectivity index is 1.87. The molecule has 0 amide bonds. The summed E-state index contributed by atoms with van der Waals surface area (Å²) in [5.74, 6) is 1.82. The molecule has 0 atom stereocenters. The van der Waals surface area contributed by atoms with E-state index in [1.54, 1.807) is 0 Å². The van der Waals surface area contributed by atoms with Crippen LogP contribution in [-0.2, 0) is 0 Å². The van der Waals surface area contributed by atoms with Crippen molar-refractivity contribution in [3.05, 3.63) is 18.2 Å². The summed E-state index contributed by atoms with van der Waals surface area (Å²) in [6.45, 7) is 5.80. The van der Waals surface area contributed by atoms with Gasteiger partial charge in [-0.2, -0.15) is 0 Å². The smallest absolute Gasteiger partial charge is 0.184 e. The van der Waals surface area contributed by atoms with Crippen molar-refractivity contribution in [3.63, 3.8) is 0 Å². The fourth-order valence-corrected chi connectivity index (χ4v) is 2.47. The van der Waals surface area contributed by atoms with Gasteiger partial charge in [-0.05, 0) is 19.2 Å². The van der Waals surface area contributed by atoms with Gasteiger partial charge in [0.25, 0.3) is 0 Å². The second kappa shape index (κ2) is 5.06. The number of hydrogen-bond acceptors (Lipinski definition) is 4. The predicted molar refractivity (Wildman–Crippen MR) is 71.8 cm³/mol. The number of likely N-dealkylation sites (N-methyl/N-ethyl adjacent to an activating group) is 1. The Bertz CT molecular complexity index is 414. The SMILES string of the molecule is CN1CCN(c2cccc3c2OCCCO3)CC1. The van der Waals surface area contributed by atoms with Gasteiger partial charge >= 0.3 is 0 Å². The molecule has 0 saturated carbocycles. The molecule has 0 aromatic heterocycles. The minimum Gasteiger partial charge on any atom is -0.489 e. The number of nitrogens with zero attached hydrogens (tertiary/aromatic N) is 2. The lowest BCUT2D eigenvalue weighted by Crippen LogP contribution is -2.44. The van der Waals surface area contributed by atoms with E-state index < -0.39 is 0 Å². The Labute approximate surface area is 108 Å². The molecular weight excluding hydrogens is 228 g/mol. The molecule has 3 rings (SSSR count). The van der Waals surface area contributed by atoms with Gasteiger partial charge in [-0.1, -0.05) is 6.07 Å². The zero-order chi connectivity index (χ0) is 12.4. The molecule has 0 bridgehead atoms. The monoisotopic (exact) mass is 248 g/mol. The summed E-state index contributed by atoms with van der Waals surface area (Å²) in [6, 6.07) is 6.19. The number of anilines is 1. The van der Waals surface area contributed by atoms with E-state index in [9.17, 15) is 0 Å². The van der Waals surface area contributed by atoms with Gasteiger partial charge in [0.1, 0.15) is 0 Å². The summed E-state index contributed by atoms with van der Waals surface area (Å²) >= 11 is 0. The summed E-state index contributed by atoms with van der Waals surface area (Å²) in [5.41, 5.74) is 1.18. The Morgan fingerprint density at radius 2 is 1.78 bits per heavy atom. The minimum absolute atomic E-state index is 0.748. The number of benzene rings is 1. The van der Waals surface area contributed by atoms with E-state index in [-0.39, 0.29) is 0 Å². The Morgan fingerprint density at radius 3 is 2.61 bits per heavy atom. The highest BCUT2D eigenvalue weighted by molar-refractivity contribution is 5.65. The molecule has 1 aromatic rings. The van der Waals surface area contributed by atoms with Crippen molar-refractivity contribution in [1.82, 2.24) is 4.90 Å². The number of hydrogen-bond donors (Lipinski definition) is 0. The second-order valence-corrected chi connectivity index (χ2v) is 4.95. The number of rotatable bonds is 1. The molecule has 2 aliphatic heterocycles. The van der Waals surface area contributed by atoms with Crippen LogP contribution >= 0.6 is 0 Å². The van der Waals surface area contributed by atoms with Crippen molar-refractivity contribution in [1.29, 1.82) is 0 Å². The molecule has 0 N–H and O–H groups in total. The average Bonchev–Trinajstić information content (AvgIpc) is 2.64. The molecule has 2 aliphatic rings. The van der Waals surface area contributed by atoms with Crippen LogP contribution in [0.3, 0.4) is 0 Å². The summed E-state index contributed by atoms with van der Waals surface area (Å²) in [4.78, 5) is 4.75. The van der Waals surface area contributed by atoms with Crippen LogP contribution in [0.4, 0.5) is 5.69 Å². The van der Waals surface area contributed by atoms with E-state index in [2.05, 4.69) is 29.0 Å². The molecule has 4 heteroatoms. The van der Waals surface area contributed by atoms with Crippen molar-refractivity contribution in [2.24, 2.45) is 0 Å². The normalized spacial score (nSPS) is 20.6. The molecule has 0 spiro atoms. The molecule has 2 heterocycles. The fraction of sp³-hybridized carbons (Fsp3) is 0.571. The third-order valence-electron chi connectivity index (χ3n) is 3.59. The predicted octanol–water partition coefficient (Wildman–Crippen LogP) is 1.60. The fourth-order valence-electron chi connectivity index (χ4n) is 2.47. The van der Waals surface area contributed by atoms with Crippen LogP contribution in [0.25, 0.3) is 0 Å². The third-order valence-corrected chi connectivity index (χ3v) is 3.59. The first-order chi connectivity index (χ1) is 8.84. The Kier molecular flexibility index (Phi) is 3.28. The lowest BCUT2D eigenvalue weighted by molar-refractivity contribution is 0.294. The Morgan fingerprint density at radius 1 is 1.00 bits per heavy atom. The quantitative estimate of drug-likeness (QED) is 0.753. The van der Waals surface area contributed by atoms with Crippen LogP contribution in [0, 0.1) is 0 Å². The van der Waals surface area contributed by atoms with Crippen molar-refractivity contribution in [2.75, 3.05) is 51.3 Å². The number of para-hydroxylation sites is 1. The topological polar surface area (TPSA) is 24.9 Å². The van der Waals surface area contributed by atoms with Crippen LogP contribution in [0.1, 0.15) is 6.42 Å². The average molecular weight is 248 g/mol. The highest BCUT2D eigenvalue weighted by atomic mass is 16.5. The summed E-state index contributed by atoms with van der Waals surface area (Å²) in [6.07, 6.45) is 0.955. The summed E-state index contributed by atoms with van der Waals surface area (Å²) in [7, 11) is 2.17. The van der Waals surface area contributed by atoms with Gasteiger partial charge in [-0.3, -0.25) is 0 Å². The standard InChI is InChI=1S/C14H20N2O2/c1-15-6-8-16(9-7-15)12-4-2-5-13-14(12)18-11-3-10-17-13/h2,4-5H,3,6-11H2,1H3. The first-order valence-corrected chi connectivity index (χ1v) is 6.67. The highest BCUT2D eigenvalue weighted by Crippen LogP contribution is 2.39. The molecule has 1 aromatic carbocycles. The molecule has 18 heavy (non-hydrogen) atoms. The van der Waals surface area contributed by atoms with Gasteiger partial charge in [0.15, 0.2) is 11.5 Å². The molecule has 0 aliphatic carbocycles. The van der Waals surface area contributed by atoms with E-state index in [4.69, 9.17) is 9.47 Å². The maximum atomic E-state index is 5.88. The third kappa shape index (κ3) is 2.25. The van der Waals surface area contributed by atoms with Gasteiger partial charge in [-0.15, -0.1) is 0 Å². The molecule has 98 valence electrons. The van der Waals surface area contributed by atoms with Crippen LogP contribution in [0.2, 0.25) is 0 Å². The first kappa shape index (κ1) is 11.7. The highest BCUT2D eigenvalue weighted by Gasteiger charge is 2.21. The number of ether oxygens (including phenoxy) is 2. The molecule has 0 radical (unpaired) electrons. The van der Waals surface area contributed by atoms with E-state index in [1.807, 2.05) is 6.07 Å². The van der Waals surface area contributed by atoms with Crippen molar-refractivity contribution < 1.29 is 9.47 Å². The number of piperazine rings is 1.